The molecule has 4 aliphatic rings. The topological polar surface area (TPSA) is 149 Å². The Kier molecular flexibility index (Phi) is 7.41. The molecule has 0 aromatic heterocycles. The van der Waals surface area contributed by atoms with E-state index in [2.05, 4.69) is 0 Å². The second-order valence-corrected chi connectivity index (χ2v) is 13.4. The minimum Gasteiger partial charge on any atom is -0.458 e. The van der Waals surface area contributed by atoms with Gasteiger partial charge in [-0.2, -0.15) is 0 Å². The molecule has 1 saturated heterocycles. The lowest BCUT2D eigenvalue weighted by Crippen LogP contribution is -2.81. The number of rotatable bonds is 4. The van der Waals surface area contributed by atoms with Crippen LogP contribution in [-0.4, -0.2) is 81.6 Å². The number of carbonyl (C=O) groups is 3. The van der Waals surface area contributed by atoms with E-state index >= 15 is 0 Å². The highest BCUT2D eigenvalue weighted by Gasteiger charge is 2.77. The highest BCUT2D eigenvalue weighted by Crippen LogP contribution is 2.66. The zero-order valence-electron chi connectivity index (χ0n) is 25.2. The number of ether oxygens (including phenoxy) is 4. The van der Waals surface area contributed by atoms with Gasteiger partial charge in [-0.3, -0.25) is 9.59 Å². The zero-order chi connectivity index (χ0) is 31.0. The van der Waals surface area contributed by atoms with Crippen molar-refractivity contribution in [2.45, 2.75) is 103 Å². The maximum absolute atomic E-state index is 13.8. The van der Waals surface area contributed by atoms with Gasteiger partial charge in [-0.15, -0.1) is 0 Å². The van der Waals surface area contributed by atoms with Gasteiger partial charge in [-0.05, 0) is 42.5 Å². The van der Waals surface area contributed by atoms with Crippen LogP contribution in [0.1, 0.15) is 71.7 Å². The van der Waals surface area contributed by atoms with Gasteiger partial charge in [0.1, 0.15) is 30.0 Å². The number of esters is 3. The SMILES string of the molecule is CC(=O)O[C@H]1C[C@@]2(O)[C@@H](OC(=O)c3ccccc3)[C@@H]3[C@]4(OC(C)=O)CO[C@@H]4C[C@H](C)[C@@]3(C)[C@@H](O)[C@H](O)C(=C1C)C2(C)C. The van der Waals surface area contributed by atoms with Crippen molar-refractivity contribution in [2.24, 2.45) is 22.7 Å². The Hall–Kier alpha value is -2.79. The molecule has 0 spiro atoms. The van der Waals surface area contributed by atoms with Crippen LogP contribution in [0.15, 0.2) is 41.5 Å². The van der Waals surface area contributed by atoms with Crippen molar-refractivity contribution >= 4 is 17.9 Å². The smallest absolute Gasteiger partial charge is 0.338 e. The van der Waals surface area contributed by atoms with Gasteiger partial charge in [0.15, 0.2) is 5.60 Å². The van der Waals surface area contributed by atoms with E-state index in [1.807, 2.05) is 6.92 Å². The highest BCUT2D eigenvalue weighted by atomic mass is 16.6. The first-order valence-corrected chi connectivity index (χ1v) is 14.6. The second-order valence-electron chi connectivity index (χ2n) is 13.4. The summed E-state index contributed by atoms with van der Waals surface area (Å²) in [5.74, 6) is -3.24. The van der Waals surface area contributed by atoms with E-state index in [0.29, 0.717) is 17.6 Å². The molecule has 3 aliphatic carbocycles. The Labute approximate surface area is 246 Å². The number of hydrogen-bond acceptors (Lipinski definition) is 10. The van der Waals surface area contributed by atoms with E-state index in [-0.39, 0.29) is 24.5 Å². The Morgan fingerprint density at radius 3 is 2.19 bits per heavy atom. The molecular weight excluding hydrogens is 544 g/mol. The standard InChI is InChI=1S/C32H42O10/c1-16-13-22-31(15-39-22,42-19(4)34)25-27(41-28(37)20-11-9-8-10-12-20)32(38)14-21(40-18(3)33)17(2)23(29(32,5)6)24(35)26(36)30(16,25)7/h8-12,16,21-22,24-27,35-36,38H,13-15H2,1-7H3/t16-,21-,22+,24+,25-,26-,27-,30+,31-,32+/m0/s1. The third-order valence-corrected chi connectivity index (χ3v) is 10.9. The number of carbonyl (C=O) groups excluding carboxylic acids is 3. The largest absolute Gasteiger partial charge is 0.458 e. The monoisotopic (exact) mass is 586 g/mol. The molecule has 2 bridgehead atoms. The summed E-state index contributed by atoms with van der Waals surface area (Å²) in [6.45, 7) is 11.3. The van der Waals surface area contributed by atoms with Crippen molar-refractivity contribution in [2.75, 3.05) is 6.61 Å². The molecule has 42 heavy (non-hydrogen) atoms. The maximum atomic E-state index is 13.8. The molecule has 3 fully saturated rings. The molecule has 1 aromatic carbocycles. The molecule has 2 saturated carbocycles. The summed E-state index contributed by atoms with van der Waals surface area (Å²) in [7, 11) is 0. The average molecular weight is 587 g/mol. The Balaban J connectivity index is 1.82. The van der Waals surface area contributed by atoms with Gasteiger partial charge >= 0.3 is 17.9 Å². The Morgan fingerprint density at radius 1 is 1.00 bits per heavy atom. The molecule has 10 atom stereocenters. The van der Waals surface area contributed by atoms with Crippen LogP contribution in [0.3, 0.4) is 0 Å². The van der Waals surface area contributed by atoms with Crippen LogP contribution in [-0.2, 0) is 28.5 Å². The van der Waals surface area contributed by atoms with E-state index < -0.39 is 76.4 Å². The molecule has 5 rings (SSSR count). The first kappa shape index (κ1) is 30.7. The van der Waals surface area contributed by atoms with Crippen molar-refractivity contribution in [1.29, 1.82) is 0 Å². The maximum Gasteiger partial charge on any atom is 0.338 e. The van der Waals surface area contributed by atoms with Crippen LogP contribution in [0, 0.1) is 22.7 Å². The molecule has 1 aromatic rings. The first-order valence-electron chi connectivity index (χ1n) is 14.6. The predicted molar refractivity (Wildman–Crippen MR) is 149 cm³/mol. The Bertz CT molecular complexity index is 1310. The molecule has 0 radical (unpaired) electrons. The number of hydrogen-bond donors (Lipinski definition) is 3. The fourth-order valence-corrected chi connectivity index (χ4v) is 8.51. The van der Waals surface area contributed by atoms with Gasteiger partial charge in [0.2, 0.25) is 0 Å². The van der Waals surface area contributed by atoms with Crippen LogP contribution in [0.4, 0.5) is 0 Å². The van der Waals surface area contributed by atoms with Crippen molar-refractivity contribution < 1.29 is 48.7 Å². The minimum atomic E-state index is -1.95. The molecule has 3 N–H and O–H groups in total. The third kappa shape index (κ3) is 4.17. The van der Waals surface area contributed by atoms with Crippen LogP contribution in [0.2, 0.25) is 0 Å². The van der Waals surface area contributed by atoms with Gasteiger partial charge in [0.05, 0.1) is 24.2 Å². The van der Waals surface area contributed by atoms with E-state index in [1.54, 1.807) is 58.0 Å². The number of fused-ring (bicyclic) bond motifs is 5. The average Bonchev–Trinajstić information content (AvgIpc) is 2.90. The lowest BCUT2D eigenvalue weighted by Gasteiger charge is -2.69. The molecule has 0 unspecified atom stereocenters. The summed E-state index contributed by atoms with van der Waals surface area (Å²) in [4.78, 5) is 38.6. The van der Waals surface area contributed by atoms with Crippen molar-refractivity contribution in [3.05, 3.63) is 47.0 Å². The summed E-state index contributed by atoms with van der Waals surface area (Å²) in [5, 5.41) is 37.2. The number of aliphatic hydroxyl groups is 3. The molecule has 1 heterocycles. The molecule has 1 aliphatic heterocycles. The fraction of sp³-hybridized carbons (Fsp3) is 0.656. The molecule has 10 nitrogen and oxygen atoms in total. The van der Waals surface area contributed by atoms with Gasteiger partial charge in [0.25, 0.3) is 0 Å². The van der Waals surface area contributed by atoms with Crippen molar-refractivity contribution in [3.63, 3.8) is 0 Å². The molecule has 230 valence electrons. The van der Waals surface area contributed by atoms with Crippen LogP contribution < -0.4 is 0 Å². The van der Waals surface area contributed by atoms with E-state index in [0.717, 1.165) is 0 Å². The summed E-state index contributed by atoms with van der Waals surface area (Å²) in [5.41, 5.74) is -4.78. The first-order chi connectivity index (χ1) is 19.5. The summed E-state index contributed by atoms with van der Waals surface area (Å²) in [6.07, 6.45) is -5.62. The fourth-order valence-electron chi connectivity index (χ4n) is 8.51. The third-order valence-electron chi connectivity index (χ3n) is 10.9. The lowest BCUT2D eigenvalue weighted by atomic mass is 9.43. The zero-order valence-corrected chi connectivity index (χ0v) is 25.2. The highest BCUT2D eigenvalue weighted by molar-refractivity contribution is 5.89. The van der Waals surface area contributed by atoms with Crippen molar-refractivity contribution in [1.82, 2.24) is 0 Å². The number of benzene rings is 1. The van der Waals surface area contributed by atoms with Gasteiger partial charge in [0, 0.05) is 31.1 Å². The summed E-state index contributed by atoms with van der Waals surface area (Å²) >= 11 is 0. The van der Waals surface area contributed by atoms with E-state index in [1.165, 1.54) is 13.8 Å². The van der Waals surface area contributed by atoms with Gasteiger partial charge in [-0.25, -0.2) is 4.79 Å². The normalized spacial score (nSPS) is 42.1. The van der Waals surface area contributed by atoms with E-state index in [9.17, 15) is 29.7 Å². The minimum absolute atomic E-state index is 0.0436. The van der Waals surface area contributed by atoms with Crippen LogP contribution >= 0.6 is 0 Å². The second kappa shape index (κ2) is 10.1. The quantitative estimate of drug-likeness (QED) is 0.273. The van der Waals surface area contributed by atoms with Gasteiger partial charge in [-0.1, -0.05) is 45.9 Å². The number of aliphatic hydroxyl groups excluding tert-OH is 2. The molecule has 10 heteroatoms. The van der Waals surface area contributed by atoms with E-state index in [4.69, 9.17) is 18.9 Å². The Morgan fingerprint density at radius 2 is 1.64 bits per heavy atom. The van der Waals surface area contributed by atoms with Crippen molar-refractivity contribution in [3.8, 4) is 0 Å². The predicted octanol–water partition coefficient (Wildman–Crippen LogP) is 2.72. The molecule has 0 amide bonds. The van der Waals surface area contributed by atoms with Crippen LogP contribution in [0.25, 0.3) is 0 Å². The summed E-state index contributed by atoms with van der Waals surface area (Å²) < 4.78 is 24.0. The van der Waals surface area contributed by atoms with Crippen LogP contribution in [0.5, 0.6) is 0 Å². The summed E-state index contributed by atoms with van der Waals surface area (Å²) in [6, 6.07) is 8.33. The lowest BCUT2D eigenvalue weighted by molar-refractivity contribution is -0.358. The molecular formula is C32H42O10. The van der Waals surface area contributed by atoms with Gasteiger partial charge < -0.3 is 34.3 Å².